The monoisotopic (exact) mass is 353 g/mol. The second-order valence-corrected chi connectivity index (χ2v) is 6.85. The summed E-state index contributed by atoms with van der Waals surface area (Å²) in [6.45, 7) is 4.84. The Balaban J connectivity index is 2.46. The van der Waals surface area contributed by atoms with Gasteiger partial charge in [-0.05, 0) is 17.8 Å². The van der Waals surface area contributed by atoms with Crippen molar-refractivity contribution in [2.75, 3.05) is 0 Å². The summed E-state index contributed by atoms with van der Waals surface area (Å²) in [4.78, 5) is 14.3. The third kappa shape index (κ3) is 8.47. The van der Waals surface area contributed by atoms with Crippen molar-refractivity contribution in [2.24, 2.45) is 7.05 Å². The lowest BCUT2D eigenvalue weighted by molar-refractivity contribution is -0.396. The van der Waals surface area contributed by atoms with Gasteiger partial charge in [-0.15, -0.1) is 0 Å². The van der Waals surface area contributed by atoms with Crippen LogP contribution in [-0.4, -0.2) is 20.6 Å². The Labute approximate surface area is 152 Å². The number of nitro groups is 1. The van der Waals surface area contributed by atoms with Crippen LogP contribution in [0.4, 0.5) is 5.95 Å². The SMILES string of the molecule is CCCCCCCC(CCCCCC)OCc1cnc([N+](=O)[O-])n1C. The normalized spacial score (nSPS) is 12.4. The molecule has 1 atom stereocenters. The Bertz CT molecular complexity index is 488. The highest BCUT2D eigenvalue weighted by Crippen LogP contribution is 2.18. The van der Waals surface area contributed by atoms with Crippen molar-refractivity contribution in [1.82, 2.24) is 9.55 Å². The molecular weight excluding hydrogens is 318 g/mol. The summed E-state index contributed by atoms with van der Waals surface area (Å²) in [5.41, 5.74) is 0.760. The van der Waals surface area contributed by atoms with E-state index < -0.39 is 4.92 Å². The molecule has 1 aromatic rings. The van der Waals surface area contributed by atoms with Crippen LogP contribution >= 0.6 is 0 Å². The van der Waals surface area contributed by atoms with E-state index >= 15 is 0 Å². The van der Waals surface area contributed by atoms with E-state index in [1.807, 2.05) is 0 Å². The van der Waals surface area contributed by atoms with E-state index in [-0.39, 0.29) is 12.1 Å². The van der Waals surface area contributed by atoms with Gasteiger partial charge in [0.1, 0.15) is 18.5 Å². The van der Waals surface area contributed by atoms with Crippen LogP contribution in [0.3, 0.4) is 0 Å². The highest BCUT2D eigenvalue weighted by molar-refractivity contribution is 5.13. The predicted octanol–water partition coefficient (Wildman–Crippen LogP) is 5.54. The van der Waals surface area contributed by atoms with E-state index in [1.54, 1.807) is 13.2 Å². The number of aromatic nitrogens is 2. The number of imidazole rings is 1. The zero-order chi connectivity index (χ0) is 18.5. The van der Waals surface area contributed by atoms with Gasteiger partial charge in [0.25, 0.3) is 0 Å². The van der Waals surface area contributed by atoms with Crippen molar-refractivity contribution in [1.29, 1.82) is 0 Å². The minimum Gasteiger partial charge on any atom is -0.390 e. The third-order valence-electron chi connectivity index (χ3n) is 4.70. The molecule has 1 rings (SSSR count). The zero-order valence-electron chi connectivity index (χ0n) is 16.2. The van der Waals surface area contributed by atoms with E-state index in [1.165, 1.54) is 62.4 Å². The molecule has 1 heterocycles. The summed E-state index contributed by atoms with van der Waals surface area (Å²) < 4.78 is 7.61. The molecule has 0 radical (unpaired) electrons. The molecule has 0 fully saturated rings. The molecule has 6 heteroatoms. The van der Waals surface area contributed by atoms with Crippen LogP contribution in [0.5, 0.6) is 0 Å². The first kappa shape index (κ1) is 21.6. The van der Waals surface area contributed by atoms with E-state index in [2.05, 4.69) is 18.8 Å². The summed E-state index contributed by atoms with van der Waals surface area (Å²) in [6, 6.07) is 0. The molecule has 1 unspecified atom stereocenters. The number of hydrogen-bond donors (Lipinski definition) is 0. The number of ether oxygens (including phenoxy) is 1. The Morgan fingerprint density at radius 1 is 1.08 bits per heavy atom. The molecular formula is C19H35N3O3. The molecule has 0 saturated heterocycles. The van der Waals surface area contributed by atoms with Crippen LogP contribution in [0.2, 0.25) is 0 Å². The molecule has 0 bridgehead atoms. The fraction of sp³-hybridized carbons (Fsp3) is 0.842. The smallest absolute Gasteiger partial charge is 0.390 e. The topological polar surface area (TPSA) is 70.2 Å². The molecule has 144 valence electrons. The molecule has 0 spiro atoms. The highest BCUT2D eigenvalue weighted by atomic mass is 16.6. The minimum absolute atomic E-state index is 0.127. The minimum atomic E-state index is -0.459. The van der Waals surface area contributed by atoms with Gasteiger partial charge in [-0.1, -0.05) is 76.6 Å². The van der Waals surface area contributed by atoms with E-state index in [0.29, 0.717) is 6.61 Å². The van der Waals surface area contributed by atoms with Crippen molar-refractivity contribution in [3.05, 3.63) is 22.0 Å². The first-order valence-corrected chi connectivity index (χ1v) is 9.86. The molecule has 0 N–H and O–H groups in total. The highest BCUT2D eigenvalue weighted by Gasteiger charge is 2.18. The van der Waals surface area contributed by atoms with Gasteiger partial charge < -0.3 is 14.9 Å². The summed E-state index contributed by atoms with van der Waals surface area (Å²) in [7, 11) is 1.67. The number of rotatable bonds is 15. The van der Waals surface area contributed by atoms with Gasteiger partial charge >= 0.3 is 5.95 Å². The Morgan fingerprint density at radius 3 is 2.16 bits per heavy atom. The molecule has 1 aromatic heterocycles. The molecule has 6 nitrogen and oxygen atoms in total. The molecule has 0 aromatic carbocycles. The summed E-state index contributed by atoms with van der Waals surface area (Å²) in [5, 5.41) is 10.9. The second-order valence-electron chi connectivity index (χ2n) is 6.85. The van der Waals surface area contributed by atoms with Crippen LogP contribution in [0.1, 0.15) is 90.2 Å². The Kier molecular flexibility index (Phi) is 11.1. The molecule has 0 amide bonds. The number of nitrogens with zero attached hydrogens (tertiary/aromatic N) is 3. The first-order valence-electron chi connectivity index (χ1n) is 9.86. The van der Waals surface area contributed by atoms with Crippen molar-refractivity contribution in [2.45, 2.75) is 97.2 Å². The van der Waals surface area contributed by atoms with Crippen molar-refractivity contribution < 1.29 is 9.66 Å². The lowest BCUT2D eigenvalue weighted by Crippen LogP contribution is -2.14. The average molecular weight is 354 g/mol. The maximum absolute atomic E-state index is 10.9. The Hall–Kier alpha value is -1.43. The van der Waals surface area contributed by atoms with E-state index in [4.69, 9.17) is 4.74 Å². The van der Waals surface area contributed by atoms with E-state index in [0.717, 1.165) is 18.5 Å². The van der Waals surface area contributed by atoms with Crippen LogP contribution < -0.4 is 0 Å². The molecule has 0 aliphatic heterocycles. The predicted molar refractivity (Wildman–Crippen MR) is 101 cm³/mol. The summed E-state index contributed by atoms with van der Waals surface area (Å²) >= 11 is 0. The average Bonchev–Trinajstić information content (AvgIpc) is 2.96. The van der Waals surface area contributed by atoms with Gasteiger partial charge in [0.2, 0.25) is 0 Å². The van der Waals surface area contributed by atoms with Gasteiger partial charge in [-0.3, -0.25) is 0 Å². The van der Waals surface area contributed by atoms with Gasteiger partial charge in [0.05, 0.1) is 13.2 Å². The molecule has 0 aliphatic carbocycles. The fourth-order valence-electron chi connectivity index (χ4n) is 3.03. The first-order chi connectivity index (χ1) is 12.1. The molecule has 0 aliphatic rings. The van der Waals surface area contributed by atoms with Gasteiger partial charge in [-0.25, -0.2) is 4.57 Å². The largest absolute Gasteiger partial charge is 0.434 e. The maximum Gasteiger partial charge on any atom is 0.434 e. The quantitative estimate of drug-likeness (QED) is 0.236. The van der Waals surface area contributed by atoms with Crippen LogP contribution in [0, 0.1) is 10.1 Å². The van der Waals surface area contributed by atoms with Crippen molar-refractivity contribution in [3.63, 3.8) is 0 Å². The Morgan fingerprint density at radius 2 is 1.64 bits per heavy atom. The van der Waals surface area contributed by atoms with Gasteiger partial charge in [0, 0.05) is 0 Å². The summed E-state index contributed by atoms with van der Waals surface area (Å²) in [6.07, 6.45) is 15.2. The lowest BCUT2D eigenvalue weighted by atomic mass is 10.0. The zero-order valence-corrected chi connectivity index (χ0v) is 16.2. The van der Waals surface area contributed by atoms with Crippen LogP contribution in [0.15, 0.2) is 6.20 Å². The molecule has 25 heavy (non-hydrogen) atoms. The van der Waals surface area contributed by atoms with Crippen molar-refractivity contribution >= 4 is 5.95 Å². The number of hydrogen-bond acceptors (Lipinski definition) is 4. The van der Waals surface area contributed by atoms with Gasteiger partial charge in [0.15, 0.2) is 0 Å². The maximum atomic E-state index is 10.9. The lowest BCUT2D eigenvalue weighted by Gasteiger charge is -2.17. The standard InChI is InChI=1S/C19H35N3O3/c1-4-6-8-10-12-14-18(13-11-9-7-5-2)25-16-17-15-20-19(21(17)3)22(23)24/h15,18H,4-14,16H2,1-3H3. The van der Waals surface area contributed by atoms with E-state index in [9.17, 15) is 10.1 Å². The number of unbranched alkanes of at least 4 members (excludes halogenated alkanes) is 7. The molecule has 0 saturated carbocycles. The third-order valence-corrected chi connectivity index (χ3v) is 4.70. The van der Waals surface area contributed by atoms with Crippen LogP contribution in [0.25, 0.3) is 0 Å². The van der Waals surface area contributed by atoms with Gasteiger partial charge in [-0.2, -0.15) is 0 Å². The van der Waals surface area contributed by atoms with Crippen molar-refractivity contribution in [3.8, 4) is 0 Å². The summed E-state index contributed by atoms with van der Waals surface area (Å²) in [5.74, 6) is -0.127. The van der Waals surface area contributed by atoms with Crippen LogP contribution in [-0.2, 0) is 18.4 Å². The fourth-order valence-corrected chi connectivity index (χ4v) is 3.03. The second kappa shape index (κ2) is 12.9.